The molecule has 0 saturated heterocycles. The number of hydrogen-bond acceptors (Lipinski definition) is 5. The quantitative estimate of drug-likeness (QED) is 0.807. The van der Waals surface area contributed by atoms with Crippen LogP contribution in [0.1, 0.15) is 28.8 Å². The Labute approximate surface area is 145 Å². The first-order valence-electron chi connectivity index (χ1n) is 7.28. The van der Waals surface area contributed by atoms with Crippen molar-refractivity contribution in [3.63, 3.8) is 0 Å². The molecule has 25 heavy (non-hydrogen) atoms. The third kappa shape index (κ3) is 4.06. The average Bonchev–Trinajstić information content (AvgIpc) is 3.05. The third-order valence-corrected chi connectivity index (χ3v) is 5.30. The first-order valence-corrected chi connectivity index (χ1v) is 8.72. The second kappa shape index (κ2) is 7.08. The monoisotopic (exact) mass is 366 g/mol. The van der Waals surface area contributed by atoms with Gasteiger partial charge in [-0.15, -0.1) is 0 Å². The molecule has 0 radical (unpaired) electrons. The number of carboxylic acid groups (broad SMARTS) is 1. The Balaban J connectivity index is 2.13. The van der Waals surface area contributed by atoms with Gasteiger partial charge in [-0.25, -0.2) is 12.7 Å². The Morgan fingerprint density at radius 3 is 2.32 bits per heavy atom. The van der Waals surface area contributed by atoms with Crippen molar-refractivity contribution in [2.24, 2.45) is 0 Å². The Morgan fingerprint density at radius 2 is 1.80 bits per heavy atom. The summed E-state index contributed by atoms with van der Waals surface area (Å²) in [5.41, 5.74) is 1.11. The van der Waals surface area contributed by atoms with Crippen LogP contribution in [0.5, 0.6) is 0 Å². The van der Waals surface area contributed by atoms with E-state index < -0.39 is 27.8 Å². The summed E-state index contributed by atoms with van der Waals surface area (Å²) in [6, 6.07) is 7.50. The Bertz CT molecular complexity index is 884. The summed E-state index contributed by atoms with van der Waals surface area (Å²) < 4.78 is 29.8. The van der Waals surface area contributed by atoms with Gasteiger partial charge in [0.25, 0.3) is 15.9 Å². The van der Waals surface area contributed by atoms with Crippen molar-refractivity contribution in [1.29, 1.82) is 0 Å². The van der Waals surface area contributed by atoms with Crippen molar-refractivity contribution in [1.82, 2.24) is 4.31 Å². The molecule has 0 fully saturated rings. The van der Waals surface area contributed by atoms with Crippen molar-refractivity contribution < 1.29 is 27.5 Å². The number of anilines is 1. The molecule has 0 bridgehead atoms. The molecule has 134 valence electrons. The molecule has 0 aliphatic carbocycles. The summed E-state index contributed by atoms with van der Waals surface area (Å²) in [4.78, 5) is 23.1. The highest BCUT2D eigenvalue weighted by atomic mass is 32.2. The van der Waals surface area contributed by atoms with E-state index in [9.17, 15) is 18.0 Å². The number of nitrogens with zero attached hydrogens (tertiary/aromatic N) is 1. The van der Waals surface area contributed by atoms with E-state index in [4.69, 9.17) is 9.52 Å². The van der Waals surface area contributed by atoms with Crippen LogP contribution in [0.3, 0.4) is 0 Å². The molecule has 1 aromatic carbocycles. The number of nitrogens with one attached hydrogen (secondary N) is 1. The fraction of sp³-hybridized carbons (Fsp3) is 0.250. The number of aliphatic carboxylic acids is 1. The topological polar surface area (TPSA) is 117 Å². The predicted molar refractivity (Wildman–Crippen MR) is 90.0 cm³/mol. The largest absolute Gasteiger partial charge is 0.481 e. The van der Waals surface area contributed by atoms with Crippen molar-refractivity contribution >= 4 is 27.6 Å². The molecule has 1 heterocycles. The van der Waals surface area contributed by atoms with Gasteiger partial charge in [-0.05, 0) is 24.6 Å². The van der Waals surface area contributed by atoms with Crippen molar-refractivity contribution in [2.45, 2.75) is 17.9 Å². The van der Waals surface area contributed by atoms with E-state index in [2.05, 4.69) is 5.32 Å². The molecule has 0 aliphatic rings. The molecule has 2 rings (SSSR count). The SMILES string of the molecule is CC(C(=O)O)c1ccc(NC(=O)c2coc(S(=O)(=O)N(C)C)c2)cc1. The maximum Gasteiger partial charge on any atom is 0.310 e. The number of benzene rings is 1. The number of furan rings is 1. The Kier molecular flexibility index (Phi) is 5.29. The molecule has 9 heteroatoms. The summed E-state index contributed by atoms with van der Waals surface area (Å²) in [6.07, 6.45) is 1.06. The van der Waals surface area contributed by atoms with Gasteiger partial charge in [0.15, 0.2) is 0 Å². The van der Waals surface area contributed by atoms with Crippen LogP contribution in [0, 0.1) is 0 Å². The minimum absolute atomic E-state index is 0.0587. The molecule has 2 N–H and O–H groups in total. The number of sulfonamides is 1. The van der Waals surface area contributed by atoms with E-state index in [1.165, 1.54) is 14.1 Å². The Hall–Kier alpha value is -2.65. The second-order valence-electron chi connectivity index (χ2n) is 5.58. The molecular weight excluding hydrogens is 348 g/mol. The van der Waals surface area contributed by atoms with Gasteiger partial charge >= 0.3 is 5.97 Å². The summed E-state index contributed by atoms with van der Waals surface area (Å²) in [6.45, 7) is 1.56. The number of carboxylic acids is 1. The van der Waals surface area contributed by atoms with E-state index in [1.807, 2.05) is 0 Å². The summed E-state index contributed by atoms with van der Waals surface area (Å²) in [7, 11) is -1.04. The fourth-order valence-corrected chi connectivity index (χ4v) is 2.76. The summed E-state index contributed by atoms with van der Waals surface area (Å²) >= 11 is 0. The number of rotatable bonds is 6. The smallest absolute Gasteiger partial charge is 0.310 e. The standard InChI is InChI=1S/C16H18N2O6S/c1-10(16(20)21)11-4-6-13(7-5-11)17-15(19)12-8-14(24-9-12)25(22,23)18(2)3/h4-10H,1-3H3,(H,17,19)(H,20,21). The van der Waals surface area contributed by atoms with Crippen LogP contribution in [0.15, 0.2) is 46.1 Å². The Morgan fingerprint density at radius 1 is 1.20 bits per heavy atom. The van der Waals surface area contributed by atoms with Gasteiger partial charge in [-0.3, -0.25) is 9.59 Å². The van der Waals surface area contributed by atoms with E-state index >= 15 is 0 Å². The zero-order valence-electron chi connectivity index (χ0n) is 13.9. The van der Waals surface area contributed by atoms with Crippen LogP contribution in [0.4, 0.5) is 5.69 Å². The first-order chi connectivity index (χ1) is 11.6. The lowest BCUT2D eigenvalue weighted by atomic mass is 10.0. The van der Waals surface area contributed by atoms with Crippen molar-refractivity contribution in [3.8, 4) is 0 Å². The van der Waals surface area contributed by atoms with E-state index in [1.54, 1.807) is 31.2 Å². The van der Waals surface area contributed by atoms with Crippen LogP contribution < -0.4 is 5.32 Å². The highest BCUT2D eigenvalue weighted by Gasteiger charge is 2.23. The van der Waals surface area contributed by atoms with E-state index in [0.29, 0.717) is 11.3 Å². The maximum absolute atomic E-state index is 12.2. The molecule has 1 amide bonds. The highest BCUT2D eigenvalue weighted by molar-refractivity contribution is 7.88. The molecule has 1 unspecified atom stereocenters. The molecule has 2 aromatic rings. The average molecular weight is 366 g/mol. The van der Waals surface area contributed by atoms with Gasteiger partial charge in [0.2, 0.25) is 5.09 Å². The lowest BCUT2D eigenvalue weighted by molar-refractivity contribution is -0.138. The zero-order chi connectivity index (χ0) is 18.8. The van der Waals surface area contributed by atoms with Crippen LogP contribution in [-0.4, -0.2) is 43.8 Å². The van der Waals surface area contributed by atoms with Gasteiger partial charge in [-0.2, -0.15) is 0 Å². The van der Waals surface area contributed by atoms with Crippen molar-refractivity contribution in [2.75, 3.05) is 19.4 Å². The minimum Gasteiger partial charge on any atom is -0.481 e. The number of amides is 1. The van der Waals surface area contributed by atoms with Crippen LogP contribution in [0.2, 0.25) is 0 Å². The molecule has 0 aliphatic heterocycles. The molecule has 1 atom stereocenters. The van der Waals surface area contributed by atoms with Crippen LogP contribution in [-0.2, 0) is 14.8 Å². The van der Waals surface area contributed by atoms with Gasteiger partial charge in [0, 0.05) is 25.8 Å². The molecule has 8 nitrogen and oxygen atoms in total. The molecule has 1 aromatic heterocycles. The number of carbonyl (C=O) groups is 2. The lowest BCUT2D eigenvalue weighted by Crippen LogP contribution is -2.21. The maximum atomic E-state index is 12.2. The van der Waals surface area contributed by atoms with Gasteiger partial charge in [0.05, 0.1) is 11.5 Å². The van der Waals surface area contributed by atoms with E-state index in [0.717, 1.165) is 16.6 Å². The van der Waals surface area contributed by atoms with Gasteiger partial charge in [0.1, 0.15) is 6.26 Å². The lowest BCUT2D eigenvalue weighted by Gasteiger charge is -2.08. The van der Waals surface area contributed by atoms with Gasteiger partial charge in [-0.1, -0.05) is 12.1 Å². The number of carbonyl (C=O) groups excluding carboxylic acids is 1. The zero-order valence-corrected chi connectivity index (χ0v) is 14.7. The molecule has 0 spiro atoms. The van der Waals surface area contributed by atoms with Crippen LogP contribution >= 0.6 is 0 Å². The predicted octanol–water partition coefficient (Wildman–Crippen LogP) is 1.97. The highest BCUT2D eigenvalue weighted by Crippen LogP contribution is 2.20. The third-order valence-electron chi connectivity index (χ3n) is 3.61. The summed E-state index contributed by atoms with van der Waals surface area (Å²) in [5.74, 6) is -2.13. The molecule has 0 saturated carbocycles. The first kappa shape index (κ1) is 18.7. The molecular formula is C16H18N2O6S. The summed E-state index contributed by atoms with van der Waals surface area (Å²) in [5, 5.41) is 11.2. The van der Waals surface area contributed by atoms with Crippen molar-refractivity contribution in [3.05, 3.63) is 47.7 Å². The van der Waals surface area contributed by atoms with E-state index in [-0.39, 0.29) is 10.7 Å². The fourth-order valence-electron chi connectivity index (χ4n) is 1.95. The van der Waals surface area contributed by atoms with Gasteiger partial charge < -0.3 is 14.8 Å². The minimum atomic E-state index is -3.75. The number of hydrogen-bond donors (Lipinski definition) is 2. The normalized spacial score (nSPS) is 12.8. The van der Waals surface area contributed by atoms with Crippen LogP contribution in [0.25, 0.3) is 0 Å². The second-order valence-corrected chi connectivity index (χ2v) is 7.66.